The summed E-state index contributed by atoms with van der Waals surface area (Å²) in [6.07, 6.45) is 8.09. The van der Waals surface area contributed by atoms with Crippen molar-refractivity contribution in [2.45, 2.75) is 50.6 Å². The lowest BCUT2D eigenvalue weighted by Gasteiger charge is -2.46. The minimum Gasteiger partial charge on any atom is -0.395 e. The van der Waals surface area contributed by atoms with Crippen LogP contribution < -0.4 is 5.32 Å². The molecule has 1 aromatic carbocycles. The number of nitrogens with one attached hydrogen (secondary N) is 1. The van der Waals surface area contributed by atoms with E-state index in [0.29, 0.717) is 6.54 Å². The van der Waals surface area contributed by atoms with Crippen LogP contribution in [0.3, 0.4) is 0 Å². The molecule has 5 heteroatoms. The van der Waals surface area contributed by atoms with Crippen LogP contribution in [0.4, 0.5) is 0 Å². The second kappa shape index (κ2) is 7.71. The van der Waals surface area contributed by atoms with Gasteiger partial charge in [0.15, 0.2) is 0 Å². The van der Waals surface area contributed by atoms with Crippen molar-refractivity contribution < 1.29 is 9.90 Å². The zero-order chi connectivity index (χ0) is 20.7. The molecular formula is C25H31N3O2. The predicted molar refractivity (Wildman–Crippen MR) is 117 cm³/mol. The molecule has 4 aliphatic rings. The molecule has 30 heavy (non-hydrogen) atoms. The van der Waals surface area contributed by atoms with Crippen LogP contribution in [0.2, 0.25) is 0 Å². The van der Waals surface area contributed by atoms with E-state index in [-0.39, 0.29) is 18.1 Å². The molecule has 5 nitrogen and oxygen atoms in total. The van der Waals surface area contributed by atoms with Gasteiger partial charge in [-0.2, -0.15) is 0 Å². The topological polar surface area (TPSA) is 55.8 Å². The van der Waals surface area contributed by atoms with Gasteiger partial charge in [-0.25, -0.2) is 0 Å². The number of hydrogen-bond donors (Lipinski definition) is 2. The van der Waals surface area contributed by atoms with Crippen molar-refractivity contribution in [2.24, 2.45) is 0 Å². The first kappa shape index (κ1) is 19.6. The van der Waals surface area contributed by atoms with E-state index < -0.39 is 0 Å². The maximum atomic E-state index is 12.9. The lowest BCUT2D eigenvalue weighted by molar-refractivity contribution is -0.117. The van der Waals surface area contributed by atoms with Crippen molar-refractivity contribution in [3.05, 3.63) is 70.6 Å². The van der Waals surface area contributed by atoms with E-state index in [2.05, 4.69) is 52.0 Å². The number of carbonyl (C=O) groups is 1. The zero-order valence-corrected chi connectivity index (χ0v) is 17.6. The van der Waals surface area contributed by atoms with Crippen molar-refractivity contribution in [3.63, 3.8) is 0 Å². The fraction of sp³-hybridized carbons (Fsp3) is 0.480. The van der Waals surface area contributed by atoms with Gasteiger partial charge >= 0.3 is 0 Å². The van der Waals surface area contributed by atoms with Crippen molar-refractivity contribution in [3.8, 4) is 0 Å². The number of nitrogens with zero attached hydrogens (tertiary/aromatic N) is 2. The summed E-state index contributed by atoms with van der Waals surface area (Å²) < 4.78 is 0. The summed E-state index contributed by atoms with van der Waals surface area (Å²) in [4.78, 5) is 17.6. The van der Waals surface area contributed by atoms with E-state index in [4.69, 9.17) is 0 Å². The van der Waals surface area contributed by atoms with Gasteiger partial charge in [0.1, 0.15) is 5.82 Å². The molecule has 0 aromatic heterocycles. The van der Waals surface area contributed by atoms with E-state index in [0.717, 1.165) is 80.7 Å². The second-order valence-electron chi connectivity index (χ2n) is 8.99. The summed E-state index contributed by atoms with van der Waals surface area (Å²) in [6, 6.07) is 8.71. The summed E-state index contributed by atoms with van der Waals surface area (Å²) in [5.41, 5.74) is 5.86. The Morgan fingerprint density at radius 2 is 1.83 bits per heavy atom. The smallest absolute Gasteiger partial charge is 0.252 e. The third-order valence-electron chi connectivity index (χ3n) is 7.47. The van der Waals surface area contributed by atoms with Gasteiger partial charge in [-0.15, -0.1) is 0 Å². The van der Waals surface area contributed by atoms with E-state index in [1.54, 1.807) is 0 Å². The number of piperidine rings is 1. The summed E-state index contributed by atoms with van der Waals surface area (Å²) in [7, 11) is 0. The Balaban J connectivity index is 1.37. The number of hydrogen-bond acceptors (Lipinski definition) is 4. The molecule has 5 rings (SSSR count). The van der Waals surface area contributed by atoms with Gasteiger partial charge < -0.3 is 15.3 Å². The molecule has 3 aliphatic heterocycles. The highest BCUT2D eigenvalue weighted by Crippen LogP contribution is 2.46. The highest BCUT2D eigenvalue weighted by Gasteiger charge is 2.46. The van der Waals surface area contributed by atoms with E-state index in [1.165, 1.54) is 11.1 Å². The number of amides is 1. The highest BCUT2D eigenvalue weighted by atomic mass is 16.3. The van der Waals surface area contributed by atoms with Gasteiger partial charge in [0.25, 0.3) is 5.91 Å². The number of likely N-dealkylation sites (tertiary alicyclic amines) is 1. The normalized spacial score (nSPS) is 23.8. The molecule has 2 N–H and O–H groups in total. The van der Waals surface area contributed by atoms with Crippen molar-refractivity contribution in [1.82, 2.24) is 15.1 Å². The highest BCUT2D eigenvalue weighted by molar-refractivity contribution is 5.97. The molecule has 0 radical (unpaired) electrons. The molecule has 3 heterocycles. The van der Waals surface area contributed by atoms with Gasteiger partial charge in [-0.05, 0) is 66.9 Å². The first-order valence-corrected chi connectivity index (χ1v) is 11.3. The number of aliphatic hydroxyl groups excluding tert-OH is 1. The average Bonchev–Trinajstić information content (AvgIpc) is 2.99. The molecule has 1 saturated heterocycles. The molecule has 0 bridgehead atoms. The molecule has 0 unspecified atom stereocenters. The molecule has 158 valence electrons. The van der Waals surface area contributed by atoms with Crippen LogP contribution in [0.1, 0.15) is 49.7 Å². The number of benzene rings is 1. The maximum absolute atomic E-state index is 12.9. The first-order valence-electron chi connectivity index (χ1n) is 11.3. The van der Waals surface area contributed by atoms with Crippen LogP contribution in [-0.2, 0) is 16.9 Å². The van der Waals surface area contributed by atoms with Crippen LogP contribution in [0.15, 0.2) is 59.5 Å². The molecule has 1 amide bonds. The second-order valence-corrected chi connectivity index (χ2v) is 8.99. The van der Waals surface area contributed by atoms with Crippen molar-refractivity contribution in [1.29, 1.82) is 0 Å². The Morgan fingerprint density at radius 1 is 1.10 bits per heavy atom. The number of rotatable bonds is 3. The summed E-state index contributed by atoms with van der Waals surface area (Å²) in [6.45, 7) is 7.82. The van der Waals surface area contributed by atoms with Crippen LogP contribution >= 0.6 is 0 Å². The van der Waals surface area contributed by atoms with Gasteiger partial charge in [0, 0.05) is 31.8 Å². The lowest BCUT2D eigenvalue weighted by Crippen LogP contribution is -2.51. The predicted octanol–water partition coefficient (Wildman–Crippen LogP) is 3.18. The summed E-state index contributed by atoms with van der Waals surface area (Å²) >= 11 is 0. The molecule has 1 fully saturated rings. The third kappa shape index (κ3) is 3.12. The maximum Gasteiger partial charge on any atom is 0.252 e. The van der Waals surface area contributed by atoms with Crippen LogP contribution in [0, 0.1) is 0 Å². The van der Waals surface area contributed by atoms with Crippen LogP contribution in [0.25, 0.3) is 0 Å². The number of allylic oxidation sites excluding steroid dienone is 3. The monoisotopic (exact) mass is 405 g/mol. The summed E-state index contributed by atoms with van der Waals surface area (Å²) in [5.74, 6) is 0.956. The Bertz CT molecular complexity index is 937. The number of β-amino-alcohol motifs (C(OH)–C–C–N with tert-alkyl or cyclic N) is 1. The number of carbonyl (C=O) groups excluding carboxylic acids is 1. The third-order valence-corrected chi connectivity index (χ3v) is 7.47. The molecule has 1 aliphatic carbocycles. The quantitative estimate of drug-likeness (QED) is 0.811. The van der Waals surface area contributed by atoms with E-state index in [9.17, 15) is 9.90 Å². The van der Waals surface area contributed by atoms with Gasteiger partial charge in [-0.1, -0.05) is 30.8 Å². The molecule has 1 aromatic rings. The van der Waals surface area contributed by atoms with Gasteiger partial charge in [0.05, 0.1) is 12.1 Å². The molecular weight excluding hydrogens is 374 g/mol. The Kier molecular flexibility index (Phi) is 5.03. The molecule has 1 spiro atoms. The van der Waals surface area contributed by atoms with E-state index in [1.807, 2.05) is 0 Å². The summed E-state index contributed by atoms with van der Waals surface area (Å²) in [5, 5.41) is 12.8. The van der Waals surface area contributed by atoms with Crippen LogP contribution in [0.5, 0.6) is 0 Å². The standard InChI is InChI=1S/C25H31N3O2/c1-18-16-23(26-24(30)21-8-4-3-7-20(18)21)27-12-10-25(11-13-27)22-9-5-2-6-19(22)17-28(25)14-15-29/h2,5-6,9,16,29H,1,3-4,7-8,10-15,17H2,(H,26,30). The van der Waals surface area contributed by atoms with Gasteiger partial charge in [0.2, 0.25) is 0 Å². The lowest BCUT2D eigenvalue weighted by atomic mass is 9.80. The zero-order valence-electron chi connectivity index (χ0n) is 17.6. The Morgan fingerprint density at radius 3 is 2.60 bits per heavy atom. The molecule has 0 atom stereocenters. The molecule has 0 saturated carbocycles. The number of fused-ring (bicyclic) bond motifs is 2. The van der Waals surface area contributed by atoms with Crippen molar-refractivity contribution >= 4 is 5.91 Å². The number of aliphatic hydroxyl groups is 1. The fourth-order valence-corrected chi connectivity index (χ4v) is 5.92. The Labute approximate surface area is 178 Å². The minimum atomic E-state index is -0.0143. The fourth-order valence-electron chi connectivity index (χ4n) is 5.92. The minimum absolute atomic E-state index is 0.0143. The van der Waals surface area contributed by atoms with Gasteiger partial charge in [-0.3, -0.25) is 9.69 Å². The van der Waals surface area contributed by atoms with Crippen LogP contribution in [-0.4, -0.2) is 47.1 Å². The van der Waals surface area contributed by atoms with Crippen molar-refractivity contribution in [2.75, 3.05) is 26.2 Å². The largest absolute Gasteiger partial charge is 0.395 e. The SMILES string of the molecule is C=C1C=C(N2CCC3(CC2)c2ccccc2CN3CCO)NC(=O)C2=C1CCCC2. The first-order chi connectivity index (χ1) is 14.6. The van der Waals surface area contributed by atoms with E-state index >= 15 is 0 Å². The Hall–Kier alpha value is -2.37. The average molecular weight is 406 g/mol.